The second kappa shape index (κ2) is 5.93. The summed E-state index contributed by atoms with van der Waals surface area (Å²) in [7, 11) is 0. The lowest BCUT2D eigenvalue weighted by Gasteiger charge is -2.33. The van der Waals surface area contributed by atoms with E-state index >= 15 is 0 Å². The Bertz CT molecular complexity index is 390. The van der Waals surface area contributed by atoms with Gasteiger partial charge in [-0.05, 0) is 62.4 Å². The second-order valence-corrected chi connectivity index (χ2v) is 5.88. The standard InChI is InChI=1S/C16H24N2O/c17-15-5-3-13(4-6-15)14-7-9-18(10-8-14)12-16-2-1-11-19-16/h3-6,14,16H,1-2,7-12,17H2. The highest BCUT2D eigenvalue weighted by atomic mass is 16.5. The molecule has 0 aromatic heterocycles. The maximum absolute atomic E-state index is 5.75. The molecule has 2 N–H and O–H groups in total. The SMILES string of the molecule is Nc1ccc(C2CCN(CC3CCCO3)CC2)cc1. The molecule has 0 saturated carbocycles. The number of nitrogens with zero attached hydrogens (tertiary/aromatic N) is 1. The molecule has 2 heterocycles. The number of anilines is 1. The summed E-state index contributed by atoms with van der Waals surface area (Å²) in [5.74, 6) is 0.710. The minimum absolute atomic E-state index is 0.494. The first-order valence-corrected chi connectivity index (χ1v) is 7.50. The van der Waals surface area contributed by atoms with E-state index in [2.05, 4.69) is 17.0 Å². The number of likely N-dealkylation sites (tertiary alicyclic amines) is 1. The third-order valence-electron chi connectivity index (χ3n) is 4.48. The molecule has 2 fully saturated rings. The first-order chi connectivity index (χ1) is 9.31. The molecule has 3 rings (SSSR count). The van der Waals surface area contributed by atoms with E-state index < -0.39 is 0 Å². The number of nitrogens with two attached hydrogens (primary N) is 1. The summed E-state index contributed by atoms with van der Waals surface area (Å²) in [6, 6.07) is 8.42. The zero-order chi connectivity index (χ0) is 13.1. The van der Waals surface area contributed by atoms with Crippen molar-refractivity contribution in [2.75, 3.05) is 32.0 Å². The molecular formula is C16H24N2O. The summed E-state index contributed by atoms with van der Waals surface area (Å²) >= 11 is 0. The van der Waals surface area contributed by atoms with Crippen LogP contribution in [0, 0.1) is 0 Å². The van der Waals surface area contributed by atoms with Gasteiger partial charge in [-0.1, -0.05) is 12.1 Å². The highest BCUT2D eigenvalue weighted by Gasteiger charge is 2.24. The molecule has 0 amide bonds. The molecule has 1 unspecified atom stereocenters. The van der Waals surface area contributed by atoms with Crippen molar-refractivity contribution in [3.63, 3.8) is 0 Å². The summed E-state index contributed by atoms with van der Waals surface area (Å²) in [6.07, 6.45) is 5.51. The minimum atomic E-state index is 0.494. The van der Waals surface area contributed by atoms with Crippen molar-refractivity contribution in [2.45, 2.75) is 37.7 Å². The van der Waals surface area contributed by atoms with Crippen LogP contribution in [-0.4, -0.2) is 37.2 Å². The van der Waals surface area contributed by atoms with Gasteiger partial charge in [0.2, 0.25) is 0 Å². The fraction of sp³-hybridized carbons (Fsp3) is 0.625. The largest absolute Gasteiger partial charge is 0.399 e. The maximum atomic E-state index is 5.75. The fourth-order valence-electron chi connectivity index (χ4n) is 3.29. The first kappa shape index (κ1) is 12.9. The van der Waals surface area contributed by atoms with Crippen LogP contribution in [0.1, 0.15) is 37.2 Å². The smallest absolute Gasteiger partial charge is 0.0702 e. The topological polar surface area (TPSA) is 38.5 Å². The van der Waals surface area contributed by atoms with E-state index in [9.17, 15) is 0 Å². The van der Waals surface area contributed by atoms with Crippen LogP contribution in [0.3, 0.4) is 0 Å². The lowest BCUT2D eigenvalue weighted by molar-refractivity contribution is 0.0643. The summed E-state index contributed by atoms with van der Waals surface area (Å²) in [5.41, 5.74) is 8.06. The number of hydrogen-bond donors (Lipinski definition) is 1. The predicted octanol–water partition coefficient (Wildman–Crippen LogP) is 2.63. The van der Waals surface area contributed by atoms with Gasteiger partial charge in [0, 0.05) is 18.8 Å². The van der Waals surface area contributed by atoms with Gasteiger partial charge in [-0.25, -0.2) is 0 Å². The molecule has 2 saturated heterocycles. The Morgan fingerprint density at radius 3 is 2.47 bits per heavy atom. The van der Waals surface area contributed by atoms with Crippen molar-refractivity contribution in [1.82, 2.24) is 4.90 Å². The van der Waals surface area contributed by atoms with E-state index in [1.165, 1.54) is 44.3 Å². The van der Waals surface area contributed by atoms with Gasteiger partial charge >= 0.3 is 0 Å². The lowest BCUT2D eigenvalue weighted by Crippen LogP contribution is -2.38. The molecule has 2 aliphatic heterocycles. The Hall–Kier alpha value is -1.06. The molecule has 1 atom stereocenters. The highest BCUT2D eigenvalue weighted by Crippen LogP contribution is 2.29. The minimum Gasteiger partial charge on any atom is -0.399 e. The first-order valence-electron chi connectivity index (χ1n) is 7.50. The van der Waals surface area contributed by atoms with E-state index in [-0.39, 0.29) is 0 Å². The Morgan fingerprint density at radius 2 is 1.84 bits per heavy atom. The van der Waals surface area contributed by atoms with E-state index in [0.29, 0.717) is 12.0 Å². The van der Waals surface area contributed by atoms with Gasteiger partial charge in [-0.2, -0.15) is 0 Å². The maximum Gasteiger partial charge on any atom is 0.0702 e. The molecule has 1 aromatic rings. The number of piperidine rings is 1. The van der Waals surface area contributed by atoms with E-state index in [1.807, 2.05) is 12.1 Å². The zero-order valence-corrected chi connectivity index (χ0v) is 11.6. The van der Waals surface area contributed by atoms with Crippen LogP contribution in [0.4, 0.5) is 5.69 Å². The van der Waals surface area contributed by atoms with Crippen molar-refractivity contribution in [1.29, 1.82) is 0 Å². The molecule has 0 bridgehead atoms. The third kappa shape index (κ3) is 3.28. The molecule has 104 valence electrons. The molecule has 1 aromatic carbocycles. The van der Waals surface area contributed by atoms with E-state index in [0.717, 1.165) is 18.8 Å². The Morgan fingerprint density at radius 1 is 1.11 bits per heavy atom. The van der Waals surface area contributed by atoms with Crippen LogP contribution >= 0.6 is 0 Å². The number of ether oxygens (including phenoxy) is 1. The Balaban J connectivity index is 1.50. The quantitative estimate of drug-likeness (QED) is 0.849. The van der Waals surface area contributed by atoms with Gasteiger partial charge in [0.05, 0.1) is 6.10 Å². The normalized spacial score (nSPS) is 25.8. The average molecular weight is 260 g/mol. The van der Waals surface area contributed by atoms with Crippen LogP contribution in [0.5, 0.6) is 0 Å². The average Bonchev–Trinajstić information content (AvgIpc) is 2.94. The fourth-order valence-corrected chi connectivity index (χ4v) is 3.29. The van der Waals surface area contributed by atoms with Crippen LogP contribution in [0.15, 0.2) is 24.3 Å². The van der Waals surface area contributed by atoms with Crippen LogP contribution < -0.4 is 5.73 Å². The Kier molecular flexibility index (Phi) is 4.04. The monoisotopic (exact) mass is 260 g/mol. The van der Waals surface area contributed by atoms with E-state index in [4.69, 9.17) is 10.5 Å². The molecular weight excluding hydrogens is 236 g/mol. The molecule has 0 radical (unpaired) electrons. The van der Waals surface area contributed by atoms with Crippen LogP contribution in [-0.2, 0) is 4.74 Å². The second-order valence-electron chi connectivity index (χ2n) is 5.88. The lowest BCUT2D eigenvalue weighted by atomic mass is 9.89. The number of hydrogen-bond acceptors (Lipinski definition) is 3. The predicted molar refractivity (Wildman–Crippen MR) is 78.2 cm³/mol. The molecule has 3 nitrogen and oxygen atoms in total. The van der Waals surface area contributed by atoms with Crippen molar-refractivity contribution < 1.29 is 4.74 Å². The van der Waals surface area contributed by atoms with Crippen LogP contribution in [0.2, 0.25) is 0 Å². The summed E-state index contributed by atoms with van der Waals surface area (Å²) in [5, 5.41) is 0. The van der Waals surface area contributed by atoms with Crippen molar-refractivity contribution in [2.24, 2.45) is 0 Å². The van der Waals surface area contributed by atoms with Gasteiger partial charge < -0.3 is 15.4 Å². The molecule has 0 aliphatic carbocycles. The Labute approximate surface area is 115 Å². The zero-order valence-electron chi connectivity index (χ0n) is 11.6. The third-order valence-corrected chi connectivity index (χ3v) is 4.48. The number of benzene rings is 1. The van der Waals surface area contributed by atoms with Gasteiger partial charge in [-0.15, -0.1) is 0 Å². The van der Waals surface area contributed by atoms with Gasteiger partial charge in [0.1, 0.15) is 0 Å². The molecule has 3 heteroatoms. The van der Waals surface area contributed by atoms with Crippen molar-refractivity contribution in [3.05, 3.63) is 29.8 Å². The highest BCUT2D eigenvalue weighted by molar-refractivity contribution is 5.40. The van der Waals surface area contributed by atoms with Gasteiger partial charge in [-0.3, -0.25) is 0 Å². The van der Waals surface area contributed by atoms with Crippen molar-refractivity contribution >= 4 is 5.69 Å². The van der Waals surface area contributed by atoms with Gasteiger partial charge in [0.15, 0.2) is 0 Å². The number of rotatable bonds is 3. The molecule has 0 spiro atoms. The molecule has 2 aliphatic rings. The summed E-state index contributed by atoms with van der Waals surface area (Å²) in [6.45, 7) is 4.50. The van der Waals surface area contributed by atoms with Crippen LogP contribution in [0.25, 0.3) is 0 Å². The molecule has 19 heavy (non-hydrogen) atoms. The summed E-state index contributed by atoms with van der Waals surface area (Å²) in [4.78, 5) is 2.57. The van der Waals surface area contributed by atoms with Crippen molar-refractivity contribution in [3.8, 4) is 0 Å². The number of nitrogen functional groups attached to an aromatic ring is 1. The van der Waals surface area contributed by atoms with E-state index in [1.54, 1.807) is 0 Å². The summed E-state index contributed by atoms with van der Waals surface area (Å²) < 4.78 is 5.72. The van der Waals surface area contributed by atoms with Gasteiger partial charge in [0.25, 0.3) is 0 Å².